The van der Waals surface area contributed by atoms with E-state index in [1.54, 1.807) is 40.7 Å². The van der Waals surface area contributed by atoms with Crippen molar-refractivity contribution in [2.45, 2.75) is 109 Å². The summed E-state index contributed by atoms with van der Waals surface area (Å²) in [6, 6.07) is 16.9. The highest BCUT2D eigenvalue weighted by atomic mass is 19.1. The summed E-state index contributed by atoms with van der Waals surface area (Å²) in [6.45, 7) is 8.30. The number of cyclic esters (lactones) is 1. The number of nitrogens with zero attached hydrogens (tertiary/aromatic N) is 2. The first-order chi connectivity index (χ1) is 29.6. The van der Waals surface area contributed by atoms with Crippen LogP contribution in [0, 0.1) is 12.7 Å². The number of aryl methyl sites for hydroxylation is 1. The average molecular weight is 843 g/mol. The Morgan fingerprint density at radius 3 is 2.40 bits per heavy atom. The molecule has 3 atom stereocenters. The summed E-state index contributed by atoms with van der Waals surface area (Å²) >= 11 is 0. The number of alkyl carbamates (subject to hydrolysis) is 1. The molecule has 3 N–H and O–H groups in total. The van der Waals surface area contributed by atoms with Gasteiger partial charge in [-0.3, -0.25) is 14.4 Å². The molecule has 14 heteroatoms. The van der Waals surface area contributed by atoms with Crippen LogP contribution in [0.25, 0.3) is 33.4 Å². The average Bonchev–Trinajstić information content (AvgIpc) is 3.77. The number of hydrogen-bond donors (Lipinski definition) is 3. The molecular weight excluding hydrogens is 796 g/mol. The lowest BCUT2D eigenvalue weighted by Gasteiger charge is -2.31. The Hall–Kier alpha value is -6.41. The first-order valence-electron chi connectivity index (χ1n) is 21.0. The molecule has 0 saturated carbocycles. The Balaban J connectivity index is 1.04. The molecule has 2 aliphatic heterocycles. The van der Waals surface area contributed by atoms with Crippen molar-refractivity contribution >= 4 is 34.8 Å². The molecule has 2 aromatic heterocycles. The predicted octanol–water partition coefficient (Wildman–Crippen LogP) is 6.66. The summed E-state index contributed by atoms with van der Waals surface area (Å²) in [5.74, 6) is -2.66. The SMILES string of the molecule is CC[C@@]1(O)C(=O)OCc2c1cc1n(c2=O)Cc2c-1nc1cc(F)c(C)c3c1c2[C@@H](NC(=O)[C@H](CCC(=O)OC(C)(C)C)NC(=O)OCC1c2ccccc2-c2ccccc21)CC3. The third-order valence-corrected chi connectivity index (χ3v) is 12.7. The maximum Gasteiger partial charge on any atom is 0.407 e. The highest BCUT2D eigenvalue weighted by Crippen LogP contribution is 2.47. The van der Waals surface area contributed by atoms with E-state index in [1.807, 2.05) is 48.5 Å². The van der Waals surface area contributed by atoms with Gasteiger partial charge in [-0.1, -0.05) is 55.5 Å². The van der Waals surface area contributed by atoms with E-state index in [0.29, 0.717) is 51.8 Å². The zero-order chi connectivity index (χ0) is 43.8. The van der Waals surface area contributed by atoms with Gasteiger partial charge < -0.3 is 34.5 Å². The number of ether oxygens (including phenoxy) is 3. The number of amides is 2. The smallest absolute Gasteiger partial charge is 0.407 e. The van der Waals surface area contributed by atoms with Crippen molar-refractivity contribution in [3.63, 3.8) is 0 Å². The Bertz CT molecular complexity index is 2760. The molecule has 0 bridgehead atoms. The van der Waals surface area contributed by atoms with Gasteiger partial charge in [-0.15, -0.1) is 0 Å². The van der Waals surface area contributed by atoms with Crippen molar-refractivity contribution in [2.24, 2.45) is 0 Å². The van der Waals surface area contributed by atoms with Crippen LogP contribution in [-0.4, -0.2) is 56.8 Å². The number of benzene rings is 3. The summed E-state index contributed by atoms with van der Waals surface area (Å²) in [4.78, 5) is 72.9. The van der Waals surface area contributed by atoms with E-state index in [2.05, 4.69) is 10.6 Å². The van der Waals surface area contributed by atoms with E-state index in [9.17, 15) is 29.1 Å². The molecule has 0 radical (unpaired) electrons. The summed E-state index contributed by atoms with van der Waals surface area (Å²) in [5.41, 5.74) is 4.67. The van der Waals surface area contributed by atoms with E-state index < -0.39 is 58.6 Å². The molecule has 5 aromatic rings. The minimum Gasteiger partial charge on any atom is -0.460 e. The van der Waals surface area contributed by atoms with Gasteiger partial charge in [0.15, 0.2) is 5.60 Å². The lowest BCUT2D eigenvalue weighted by atomic mass is 9.81. The van der Waals surface area contributed by atoms with Crippen molar-refractivity contribution in [3.05, 3.63) is 121 Å². The lowest BCUT2D eigenvalue weighted by Crippen LogP contribution is -2.48. The topological polar surface area (TPSA) is 175 Å². The van der Waals surface area contributed by atoms with Crippen LogP contribution in [0.1, 0.15) is 110 Å². The molecule has 4 heterocycles. The number of fused-ring (bicyclic) bond motifs is 8. The van der Waals surface area contributed by atoms with Crippen molar-refractivity contribution < 1.29 is 42.9 Å². The van der Waals surface area contributed by atoms with Crippen LogP contribution in [0.3, 0.4) is 0 Å². The van der Waals surface area contributed by atoms with Crippen molar-refractivity contribution in [2.75, 3.05) is 6.61 Å². The Morgan fingerprint density at radius 1 is 1.03 bits per heavy atom. The van der Waals surface area contributed by atoms with Crippen LogP contribution in [0.5, 0.6) is 0 Å². The third-order valence-electron chi connectivity index (χ3n) is 12.7. The Kier molecular flexibility index (Phi) is 10.0. The van der Waals surface area contributed by atoms with Crippen LogP contribution in [0.4, 0.5) is 9.18 Å². The van der Waals surface area contributed by atoms with Crippen LogP contribution in [0.2, 0.25) is 0 Å². The number of rotatable bonds is 9. The number of pyridine rings is 2. The summed E-state index contributed by atoms with van der Waals surface area (Å²) in [7, 11) is 0. The molecule has 9 rings (SSSR count). The number of nitrogens with one attached hydrogen (secondary N) is 2. The number of aromatic nitrogens is 2. The molecule has 3 aromatic carbocycles. The number of aliphatic hydroxyl groups is 1. The zero-order valence-corrected chi connectivity index (χ0v) is 35.1. The Labute approximate surface area is 356 Å². The first kappa shape index (κ1) is 41.0. The van der Waals surface area contributed by atoms with E-state index in [0.717, 1.165) is 27.8 Å². The summed E-state index contributed by atoms with van der Waals surface area (Å²) < 4.78 is 33.6. The monoisotopic (exact) mass is 842 g/mol. The third kappa shape index (κ3) is 6.80. The molecule has 0 saturated heterocycles. The molecule has 62 heavy (non-hydrogen) atoms. The van der Waals surface area contributed by atoms with Gasteiger partial charge in [0.05, 0.1) is 35.1 Å². The van der Waals surface area contributed by atoms with Gasteiger partial charge in [0.1, 0.15) is 30.7 Å². The second-order valence-corrected chi connectivity index (χ2v) is 17.6. The van der Waals surface area contributed by atoms with Crippen LogP contribution >= 0.6 is 0 Å². The fourth-order valence-corrected chi connectivity index (χ4v) is 9.68. The quantitative estimate of drug-likeness (QED) is 0.106. The van der Waals surface area contributed by atoms with Crippen LogP contribution in [-0.2, 0) is 53.8 Å². The van der Waals surface area contributed by atoms with Gasteiger partial charge in [0, 0.05) is 34.9 Å². The van der Waals surface area contributed by atoms with Gasteiger partial charge in [-0.25, -0.2) is 19.0 Å². The van der Waals surface area contributed by atoms with E-state index in [4.69, 9.17) is 19.2 Å². The second-order valence-electron chi connectivity index (χ2n) is 17.6. The van der Waals surface area contributed by atoms with E-state index in [-0.39, 0.29) is 56.1 Å². The molecule has 320 valence electrons. The molecule has 0 unspecified atom stereocenters. The first-order valence-corrected chi connectivity index (χ1v) is 21.0. The summed E-state index contributed by atoms with van der Waals surface area (Å²) in [5, 5.41) is 18.0. The molecule has 2 amide bonds. The number of halogens is 1. The van der Waals surface area contributed by atoms with Gasteiger partial charge >= 0.3 is 18.0 Å². The summed E-state index contributed by atoms with van der Waals surface area (Å²) in [6.07, 6.45) is -0.415. The predicted molar refractivity (Wildman–Crippen MR) is 225 cm³/mol. The van der Waals surface area contributed by atoms with Crippen molar-refractivity contribution in [3.8, 4) is 22.5 Å². The highest BCUT2D eigenvalue weighted by Gasteiger charge is 2.46. The minimum absolute atomic E-state index is 0.00994. The zero-order valence-electron chi connectivity index (χ0n) is 35.1. The van der Waals surface area contributed by atoms with Crippen LogP contribution < -0.4 is 16.2 Å². The largest absolute Gasteiger partial charge is 0.460 e. The molecular formula is C48H47FN4O9. The number of carbonyl (C=O) groups is 4. The molecule has 0 fully saturated rings. The van der Waals surface area contributed by atoms with E-state index in [1.165, 1.54) is 10.6 Å². The van der Waals surface area contributed by atoms with Gasteiger partial charge in [0.25, 0.3) is 5.56 Å². The minimum atomic E-state index is -2.04. The fourth-order valence-electron chi connectivity index (χ4n) is 9.68. The van der Waals surface area contributed by atoms with Gasteiger partial charge in [-0.05, 0) is 98.4 Å². The highest BCUT2D eigenvalue weighted by molar-refractivity contribution is 5.94. The van der Waals surface area contributed by atoms with Gasteiger partial charge in [-0.2, -0.15) is 0 Å². The van der Waals surface area contributed by atoms with E-state index >= 15 is 4.39 Å². The lowest BCUT2D eigenvalue weighted by molar-refractivity contribution is -0.172. The second kappa shape index (κ2) is 15.2. The fraction of sp³-hybridized carbons (Fsp3) is 0.375. The standard InChI is InChI=1S/C48H47FN4O9/c1-6-48(59)33-19-38-42-30(21-53(38)44(56)32(33)23-60-45(48)57)41-35(16-15-25-24(2)34(49)20-37(50-42)40(25)41)51-43(55)36(17-18-39(54)62-47(3,4)5)52-46(58)61-22-31-28-13-9-7-11-26(28)27-12-8-10-14-29(27)31/h7-14,19-20,31,35-36,59H,6,15-18,21-23H2,1-5H3,(H,51,55)(H,52,58)/t35-,36-,48-/m0/s1. The maximum atomic E-state index is 15.5. The van der Waals surface area contributed by atoms with Crippen molar-refractivity contribution in [1.82, 2.24) is 20.2 Å². The molecule has 0 spiro atoms. The normalized spacial score (nSPS) is 18.8. The van der Waals surface area contributed by atoms with Crippen LogP contribution in [0.15, 0.2) is 65.5 Å². The number of hydrogen-bond acceptors (Lipinski definition) is 10. The molecule has 4 aliphatic rings. The number of esters is 2. The molecule has 2 aliphatic carbocycles. The van der Waals surface area contributed by atoms with Crippen molar-refractivity contribution in [1.29, 1.82) is 0 Å². The maximum absolute atomic E-state index is 15.5. The number of carbonyl (C=O) groups excluding carboxylic acids is 4. The van der Waals surface area contributed by atoms with Gasteiger partial charge in [0.2, 0.25) is 5.91 Å². The molecule has 13 nitrogen and oxygen atoms in total. The Morgan fingerprint density at radius 2 is 1.73 bits per heavy atom.